The summed E-state index contributed by atoms with van der Waals surface area (Å²) in [5.41, 5.74) is 1.78. The van der Waals surface area contributed by atoms with Crippen molar-refractivity contribution in [3.05, 3.63) is 65.3 Å². The summed E-state index contributed by atoms with van der Waals surface area (Å²) in [6.07, 6.45) is 6.30. The lowest BCUT2D eigenvalue weighted by atomic mass is 10.1. The Morgan fingerprint density at radius 3 is 3.08 bits per heavy atom. The fourth-order valence-electron chi connectivity index (χ4n) is 2.48. The molecule has 1 N–H and O–H groups in total. The molecule has 7 nitrogen and oxygen atoms in total. The maximum absolute atomic E-state index is 12.6. The summed E-state index contributed by atoms with van der Waals surface area (Å²) in [6.45, 7) is 0.180. The van der Waals surface area contributed by atoms with Gasteiger partial charge in [-0.15, -0.1) is 0 Å². The van der Waals surface area contributed by atoms with Crippen LogP contribution in [0, 0.1) is 0 Å². The first-order valence-corrected chi connectivity index (χ1v) is 7.83. The molecule has 0 aliphatic carbocycles. The molecule has 0 radical (unpaired) electrons. The highest BCUT2D eigenvalue weighted by atomic mass is 35.5. The zero-order valence-electron chi connectivity index (χ0n) is 12.9. The topological polar surface area (TPSA) is 81.9 Å². The maximum atomic E-state index is 12.6. The molecule has 0 saturated heterocycles. The predicted molar refractivity (Wildman–Crippen MR) is 92.7 cm³/mol. The SMILES string of the molecule is O=C(Nc1cccnc1-n1cncn1)C1=Cc2cc(Cl)ccc2OC1. The van der Waals surface area contributed by atoms with Gasteiger partial charge in [-0.1, -0.05) is 11.6 Å². The molecule has 1 aliphatic heterocycles. The van der Waals surface area contributed by atoms with E-state index in [2.05, 4.69) is 20.4 Å². The summed E-state index contributed by atoms with van der Waals surface area (Å²) in [7, 11) is 0. The smallest absolute Gasteiger partial charge is 0.255 e. The number of anilines is 1. The van der Waals surface area contributed by atoms with Gasteiger partial charge in [0.15, 0.2) is 5.82 Å². The first kappa shape index (κ1) is 15.3. The van der Waals surface area contributed by atoms with Gasteiger partial charge in [0, 0.05) is 16.8 Å². The zero-order valence-corrected chi connectivity index (χ0v) is 13.6. The lowest BCUT2D eigenvalue weighted by Gasteiger charge is -2.18. The van der Waals surface area contributed by atoms with Gasteiger partial charge < -0.3 is 10.1 Å². The highest BCUT2D eigenvalue weighted by Gasteiger charge is 2.19. The van der Waals surface area contributed by atoms with Crippen molar-refractivity contribution in [2.45, 2.75) is 0 Å². The van der Waals surface area contributed by atoms with Crippen LogP contribution in [-0.2, 0) is 4.79 Å². The Balaban J connectivity index is 1.62. The minimum atomic E-state index is -0.278. The molecule has 3 aromatic rings. The Labute approximate surface area is 147 Å². The Morgan fingerprint density at radius 1 is 1.32 bits per heavy atom. The number of aromatic nitrogens is 4. The lowest BCUT2D eigenvalue weighted by molar-refractivity contribution is -0.113. The lowest BCUT2D eigenvalue weighted by Crippen LogP contribution is -2.22. The number of nitrogens with one attached hydrogen (secondary N) is 1. The van der Waals surface area contributed by atoms with Gasteiger partial charge in [0.05, 0.1) is 11.3 Å². The van der Waals surface area contributed by atoms with Crippen molar-refractivity contribution in [1.82, 2.24) is 19.7 Å². The van der Waals surface area contributed by atoms with Gasteiger partial charge >= 0.3 is 0 Å². The number of carbonyl (C=O) groups excluding carboxylic acids is 1. The number of fused-ring (bicyclic) bond motifs is 1. The second-order valence-electron chi connectivity index (χ2n) is 5.31. The van der Waals surface area contributed by atoms with Crippen LogP contribution >= 0.6 is 11.6 Å². The second-order valence-corrected chi connectivity index (χ2v) is 5.75. The molecule has 1 amide bonds. The number of hydrogen-bond donors (Lipinski definition) is 1. The van der Waals surface area contributed by atoms with Crippen LogP contribution in [0.1, 0.15) is 5.56 Å². The minimum absolute atomic E-state index is 0.180. The largest absolute Gasteiger partial charge is 0.488 e. The molecular formula is C17H12ClN5O2. The quantitative estimate of drug-likeness (QED) is 0.783. The Kier molecular flexibility index (Phi) is 3.91. The molecule has 124 valence electrons. The van der Waals surface area contributed by atoms with Crippen LogP contribution in [0.25, 0.3) is 11.9 Å². The first-order chi connectivity index (χ1) is 12.2. The third-order valence-electron chi connectivity index (χ3n) is 3.65. The summed E-state index contributed by atoms with van der Waals surface area (Å²) in [5, 5.41) is 7.47. The highest BCUT2D eigenvalue weighted by Crippen LogP contribution is 2.29. The van der Waals surface area contributed by atoms with Gasteiger partial charge in [0.2, 0.25) is 0 Å². The van der Waals surface area contributed by atoms with Crippen LogP contribution in [-0.4, -0.2) is 32.3 Å². The molecule has 1 aromatic carbocycles. The molecule has 1 aliphatic rings. The van der Waals surface area contributed by atoms with E-state index in [1.54, 1.807) is 42.6 Å². The van der Waals surface area contributed by atoms with Gasteiger partial charge in [-0.05, 0) is 36.4 Å². The Bertz CT molecular complexity index is 969. The number of pyridine rings is 1. The van der Waals surface area contributed by atoms with Gasteiger partial charge in [-0.25, -0.2) is 14.6 Å². The van der Waals surface area contributed by atoms with Crippen molar-refractivity contribution >= 4 is 29.3 Å². The van der Waals surface area contributed by atoms with E-state index in [9.17, 15) is 4.79 Å². The number of benzene rings is 1. The maximum Gasteiger partial charge on any atom is 0.255 e. The van der Waals surface area contributed by atoms with E-state index in [0.29, 0.717) is 27.9 Å². The summed E-state index contributed by atoms with van der Waals surface area (Å²) < 4.78 is 7.10. The minimum Gasteiger partial charge on any atom is -0.488 e. The molecule has 0 atom stereocenters. The van der Waals surface area contributed by atoms with Crippen molar-refractivity contribution < 1.29 is 9.53 Å². The van der Waals surface area contributed by atoms with Crippen molar-refractivity contribution in [2.24, 2.45) is 0 Å². The van der Waals surface area contributed by atoms with Crippen LogP contribution in [0.2, 0.25) is 5.02 Å². The van der Waals surface area contributed by atoms with Gasteiger partial charge in [0.25, 0.3) is 5.91 Å². The van der Waals surface area contributed by atoms with Gasteiger partial charge in [-0.3, -0.25) is 4.79 Å². The fourth-order valence-corrected chi connectivity index (χ4v) is 2.66. The van der Waals surface area contributed by atoms with Gasteiger partial charge in [0.1, 0.15) is 25.0 Å². The third kappa shape index (κ3) is 3.09. The number of ether oxygens (including phenoxy) is 1. The molecule has 0 saturated carbocycles. The standard InChI is InChI=1S/C17H12ClN5O2/c18-13-3-4-15-11(7-13)6-12(8-25-15)17(24)22-14-2-1-5-20-16(14)23-10-19-9-21-23/h1-7,9-10H,8H2,(H,22,24). The van der Waals surface area contributed by atoms with Crippen molar-refractivity contribution in [3.63, 3.8) is 0 Å². The van der Waals surface area contributed by atoms with E-state index in [0.717, 1.165) is 5.56 Å². The average Bonchev–Trinajstić information content (AvgIpc) is 3.16. The average molecular weight is 354 g/mol. The van der Waals surface area contributed by atoms with Gasteiger partial charge in [-0.2, -0.15) is 5.10 Å². The van der Waals surface area contributed by atoms with Crippen molar-refractivity contribution in [1.29, 1.82) is 0 Å². The number of rotatable bonds is 3. The zero-order chi connectivity index (χ0) is 17.2. The second kappa shape index (κ2) is 6.37. The van der Waals surface area contributed by atoms with Crippen LogP contribution < -0.4 is 10.1 Å². The molecule has 0 bridgehead atoms. The van der Waals surface area contributed by atoms with E-state index < -0.39 is 0 Å². The normalized spacial score (nSPS) is 12.8. The van der Waals surface area contributed by atoms with Crippen LogP contribution in [0.5, 0.6) is 5.75 Å². The van der Waals surface area contributed by atoms with E-state index in [1.807, 2.05) is 0 Å². The van der Waals surface area contributed by atoms with Crippen LogP contribution in [0.4, 0.5) is 5.69 Å². The molecule has 3 heterocycles. The molecule has 2 aromatic heterocycles. The highest BCUT2D eigenvalue weighted by molar-refractivity contribution is 6.30. The number of hydrogen-bond acceptors (Lipinski definition) is 5. The van der Waals surface area contributed by atoms with Crippen LogP contribution in [0.3, 0.4) is 0 Å². The van der Waals surface area contributed by atoms with Crippen molar-refractivity contribution in [2.75, 3.05) is 11.9 Å². The molecular weight excluding hydrogens is 342 g/mol. The summed E-state index contributed by atoms with van der Waals surface area (Å²) in [5.74, 6) is 0.903. The number of amides is 1. The molecule has 0 spiro atoms. The molecule has 25 heavy (non-hydrogen) atoms. The molecule has 4 rings (SSSR count). The van der Waals surface area contributed by atoms with Crippen molar-refractivity contribution in [3.8, 4) is 11.6 Å². The molecule has 8 heteroatoms. The summed E-state index contributed by atoms with van der Waals surface area (Å²) >= 11 is 6.00. The van der Waals surface area contributed by atoms with E-state index in [4.69, 9.17) is 16.3 Å². The number of halogens is 1. The van der Waals surface area contributed by atoms with Crippen LogP contribution in [0.15, 0.2) is 54.8 Å². The van der Waals surface area contributed by atoms with E-state index in [-0.39, 0.29) is 12.5 Å². The molecule has 0 unspecified atom stereocenters. The third-order valence-corrected chi connectivity index (χ3v) is 3.88. The molecule has 0 fully saturated rings. The fraction of sp³-hybridized carbons (Fsp3) is 0.0588. The first-order valence-electron chi connectivity index (χ1n) is 7.45. The predicted octanol–water partition coefficient (Wildman–Crippen LogP) is 2.73. The summed E-state index contributed by atoms with van der Waals surface area (Å²) in [4.78, 5) is 20.8. The number of nitrogens with zero attached hydrogens (tertiary/aromatic N) is 4. The summed E-state index contributed by atoms with van der Waals surface area (Å²) in [6, 6.07) is 8.77. The Morgan fingerprint density at radius 2 is 2.24 bits per heavy atom. The van der Waals surface area contributed by atoms with E-state index >= 15 is 0 Å². The van der Waals surface area contributed by atoms with E-state index in [1.165, 1.54) is 17.3 Å². The number of carbonyl (C=O) groups is 1. The monoisotopic (exact) mass is 353 g/mol. The Hall–Kier alpha value is -3.19.